The molecule has 0 saturated carbocycles. The fourth-order valence-corrected chi connectivity index (χ4v) is 1.41. The van der Waals surface area contributed by atoms with Crippen molar-refractivity contribution in [1.29, 1.82) is 0 Å². The zero-order valence-corrected chi connectivity index (χ0v) is 8.05. The van der Waals surface area contributed by atoms with Crippen molar-refractivity contribution in [2.75, 3.05) is 20.2 Å². The molecule has 0 spiro atoms. The Balaban J connectivity index is 2.62. The van der Waals surface area contributed by atoms with Crippen molar-refractivity contribution in [3.8, 4) is 0 Å². The quantitative estimate of drug-likeness (QED) is 0.679. The van der Waals surface area contributed by atoms with E-state index in [9.17, 15) is 22.4 Å². The number of carbonyl (C=O) groups excluding carboxylic acids is 1. The molecule has 1 unspecified atom stereocenters. The summed E-state index contributed by atoms with van der Waals surface area (Å²) in [5.41, 5.74) is 0. The van der Waals surface area contributed by atoms with E-state index in [0.29, 0.717) is 11.3 Å². The van der Waals surface area contributed by atoms with Crippen LogP contribution in [0.1, 0.15) is 6.42 Å². The zero-order chi connectivity index (χ0) is 11.6. The van der Waals surface area contributed by atoms with Crippen LogP contribution in [-0.4, -0.2) is 49.5 Å². The average Bonchev–Trinajstić information content (AvgIpc) is 2.64. The molecule has 3 nitrogen and oxygen atoms in total. The monoisotopic (exact) mass is 229 g/mol. The smallest absolute Gasteiger partial charge is 0.380 e. The predicted octanol–water partition coefficient (Wildman–Crippen LogP) is 1.13. The van der Waals surface area contributed by atoms with Gasteiger partial charge in [-0.25, -0.2) is 8.78 Å². The van der Waals surface area contributed by atoms with E-state index in [4.69, 9.17) is 4.74 Å². The summed E-state index contributed by atoms with van der Waals surface area (Å²) in [4.78, 5) is 11.7. The summed E-state index contributed by atoms with van der Waals surface area (Å²) in [5, 5.41) is 0. The first kappa shape index (κ1) is 12.2. The zero-order valence-electron chi connectivity index (χ0n) is 8.05. The van der Waals surface area contributed by atoms with Crippen LogP contribution >= 0.6 is 0 Å². The minimum Gasteiger partial charge on any atom is -0.380 e. The summed E-state index contributed by atoms with van der Waals surface area (Å²) in [5.74, 6) is -6.42. The molecule has 88 valence electrons. The second-order valence-corrected chi connectivity index (χ2v) is 3.32. The first-order valence-electron chi connectivity index (χ1n) is 4.37. The third-order valence-electron chi connectivity index (χ3n) is 2.32. The number of ether oxygens (including phenoxy) is 1. The van der Waals surface area contributed by atoms with Crippen LogP contribution in [0.15, 0.2) is 0 Å². The number of hydrogen-bond acceptors (Lipinski definition) is 2. The van der Waals surface area contributed by atoms with Gasteiger partial charge in [0.15, 0.2) is 0 Å². The Morgan fingerprint density at radius 2 is 2.13 bits per heavy atom. The first-order valence-corrected chi connectivity index (χ1v) is 4.37. The van der Waals surface area contributed by atoms with E-state index in [1.807, 2.05) is 0 Å². The van der Waals surface area contributed by atoms with E-state index in [2.05, 4.69) is 0 Å². The van der Waals surface area contributed by atoms with Gasteiger partial charge in [-0.2, -0.15) is 8.78 Å². The molecular formula is C8H11F4NO2. The van der Waals surface area contributed by atoms with Gasteiger partial charge >= 0.3 is 12.3 Å². The fraction of sp³-hybridized carbons (Fsp3) is 0.875. The van der Waals surface area contributed by atoms with Crippen LogP contribution in [0.2, 0.25) is 0 Å². The number of rotatable bonds is 3. The lowest BCUT2D eigenvalue weighted by molar-refractivity contribution is -0.179. The van der Waals surface area contributed by atoms with E-state index >= 15 is 0 Å². The fourth-order valence-electron chi connectivity index (χ4n) is 1.41. The Labute approximate surface area is 84.0 Å². The Bertz CT molecular complexity index is 247. The highest BCUT2D eigenvalue weighted by molar-refractivity contribution is 5.84. The first-order chi connectivity index (χ1) is 6.89. The summed E-state index contributed by atoms with van der Waals surface area (Å²) in [6.07, 6.45) is -3.92. The molecule has 1 aliphatic heterocycles. The summed E-state index contributed by atoms with van der Waals surface area (Å²) in [6, 6.07) is 0. The van der Waals surface area contributed by atoms with Gasteiger partial charge in [-0.3, -0.25) is 4.79 Å². The lowest BCUT2D eigenvalue weighted by atomic mass is 10.3. The molecule has 1 amide bonds. The van der Waals surface area contributed by atoms with E-state index in [1.165, 1.54) is 7.11 Å². The van der Waals surface area contributed by atoms with Gasteiger partial charge in [-0.05, 0) is 6.42 Å². The Hall–Kier alpha value is -0.850. The molecule has 1 atom stereocenters. The molecule has 1 saturated heterocycles. The highest BCUT2D eigenvalue weighted by Gasteiger charge is 2.52. The molecule has 1 fully saturated rings. The van der Waals surface area contributed by atoms with Crippen LogP contribution in [0, 0.1) is 0 Å². The topological polar surface area (TPSA) is 29.5 Å². The van der Waals surface area contributed by atoms with E-state index < -0.39 is 18.3 Å². The second kappa shape index (κ2) is 4.34. The maximum atomic E-state index is 12.6. The van der Waals surface area contributed by atoms with Crippen molar-refractivity contribution in [3.05, 3.63) is 0 Å². The number of halogens is 4. The van der Waals surface area contributed by atoms with Gasteiger partial charge in [0.2, 0.25) is 0 Å². The Morgan fingerprint density at radius 1 is 1.53 bits per heavy atom. The van der Waals surface area contributed by atoms with Crippen LogP contribution in [0.4, 0.5) is 17.6 Å². The van der Waals surface area contributed by atoms with Gasteiger partial charge in [0, 0.05) is 20.2 Å². The van der Waals surface area contributed by atoms with E-state index in [0.717, 1.165) is 0 Å². The average molecular weight is 229 g/mol. The van der Waals surface area contributed by atoms with Gasteiger partial charge in [0.05, 0.1) is 6.10 Å². The van der Waals surface area contributed by atoms with Crippen molar-refractivity contribution >= 4 is 5.91 Å². The van der Waals surface area contributed by atoms with E-state index in [1.54, 1.807) is 0 Å². The molecule has 0 aromatic rings. The molecule has 0 bridgehead atoms. The molecule has 1 rings (SSSR count). The van der Waals surface area contributed by atoms with Gasteiger partial charge in [0.25, 0.3) is 5.91 Å². The number of nitrogens with zero attached hydrogens (tertiary/aromatic N) is 1. The SMILES string of the molecule is COC1CCN(C(=O)C(F)(F)C(F)F)C1. The molecule has 0 radical (unpaired) electrons. The molecule has 0 aliphatic carbocycles. The third kappa shape index (κ3) is 2.39. The van der Waals surface area contributed by atoms with Gasteiger partial charge in [-0.15, -0.1) is 0 Å². The highest BCUT2D eigenvalue weighted by Crippen LogP contribution is 2.27. The molecular weight excluding hydrogens is 218 g/mol. The summed E-state index contributed by atoms with van der Waals surface area (Å²) in [6.45, 7) is -0.0305. The van der Waals surface area contributed by atoms with Crippen molar-refractivity contribution in [1.82, 2.24) is 4.90 Å². The van der Waals surface area contributed by atoms with Gasteiger partial charge in [-0.1, -0.05) is 0 Å². The largest absolute Gasteiger partial charge is 0.383 e. The molecule has 15 heavy (non-hydrogen) atoms. The normalized spacial score (nSPS) is 22.5. The third-order valence-corrected chi connectivity index (χ3v) is 2.32. The number of amides is 1. The van der Waals surface area contributed by atoms with Crippen LogP contribution < -0.4 is 0 Å². The maximum absolute atomic E-state index is 12.6. The summed E-state index contributed by atoms with van der Waals surface area (Å²) in [7, 11) is 1.38. The van der Waals surface area contributed by atoms with Crippen LogP contribution in [0.25, 0.3) is 0 Å². The lowest BCUT2D eigenvalue weighted by Crippen LogP contribution is -2.47. The molecule has 7 heteroatoms. The number of hydrogen-bond donors (Lipinski definition) is 0. The van der Waals surface area contributed by atoms with Crippen molar-refractivity contribution < 1.29 is 27.1 Å². The number of methoxy groups -OCH3 is 1. The lowest BCUT2D eigenvalue weighted by Gasteiger charge is -2.22. The number of carbonyl (C=O) groups is 1. The summed E-state index contributed by atoms with van der Waals surface area (Å²) < 4.78 is 53.9. The molecule has 1 aliphatic rings. The summed E-state index contributed by atoms with van der Waals surface area (Å²) >= 11 is 0. The number of likely N-dealkylation sites (tertiary alicyclic amines) is 1. The number of alkyl halides is 4. The van der Waals surface area contributed by atoms with Crippen molar-refractivity contribution in [2.24, 2.45) is 0 Å². The van der Waals surface area contributed by atoms with Crippen LogP contribution in [0.5, 0.6) is 0 Å². The molecule has 0 aromatic heterocycles. The molecule has 0 N–H and O–H groups in total. The highest BCUT2D eigenvalue weighted by atomic mass is 19.3. The molecule has 1 heterocycles. The van der Waals surface area contributed by atoms with Crippen LogP contribution in [-0.2, 0) is 9.53 Å². The Morgan fingerprint density at radius 3 is 2.53 bits per heavy atom. The van der Waals surface area contributed by atoms with Gasteiger partial charge < -0.3 is 9.64 Å². The second-order valence-electron chi connectivity index (χ2n) is 3.32. The van der Waals surface area contributed by atoms with Gasteiger partial charge in [0.1, 0.15) is 0 Å². The molecule has 0 aromatic carbocycles. The van der Waals surface area contributed by atoms with Crippen molar-refractivity contribution in [3.63, 3.8) is 0 Å². The minimum atomic E-state index is -4.59. The standard InChI is InChI=1S/C8H11F4NO2/c1-15-5-2-3-13(4-5)7(14)8(11,12)6(9)10/h5-6H,2-4H2,1H3. The maximum Gasteiger partial charge on any atom is 0.383 e. The predicted molar refractivity (Wildman–Crippen MR) is 42.9 cm³/mol. The minimum absolute atomic E-state index is 0.0274. The van der Waals surface area contributed by atoms with Crippen molar-refractivity contribution in [2.45, 2.75) is 24.9 Å². The Kier molecular flexibility index (Phi) is 3.54. The van der Waals surface area contributed by atoms with Crippen LogP contribution in [0.3, 0.4) is 0 Å². The van der Waals surface area contributed by atoms with E-state index in [-0.39, 0.29) is 19.2 Å².